The molecule has 4 heteroatoms. The molecule has 3 nitrogen and oxygen atoms in total. The zero-order valence-electron chi connectivity index (χ0n) is 12.2. The van der Waals surface area contributed by atoms with Crippen LogP contribution in [-0.4, -0.2) is 5.71 Å². The van der Waals surface area contributed by atoms with Gasteiger partial charge in [-0.2, -0.15) is 5.10 Å². The highest BCUT2D eigenvalue weighted by molar-refractivity contribution is 6.30. The standard InChI is InChI=1S/C17H18ClN3/c1-11-9-13(3-8-16(11)19)17-10-12(2)20-21(17)15-6-4-14(18)5-7-15/h3-9,17H,10,19H2,1-2H3. The predicted molar refractivity (Wildman–Crippen MR) is 90.0 cm³/mol. The van der Waals surface area contributed by atoms with Gasteiger partial charge in [0.2, 0.25) is 0 Å². The molecule has 0 amide bonds. The van der Waals surface area contributed by atoms with Gasteiger partial charge < -0.3 is 5.73 Å². The maximum absolute atomic E-state index is 5.97. The molecule has 2 aromatic rings. The van der Waals surface area contributed by atoms with Crippen LogP contribution in [0.5, 0.6) is 0 Å². The molecule has 0 aliphatic carbocycles. The lowest BCUT2D eigenvalue weighted by Gasteiger charge is -2.24. The average Bonchev–Trinajstić information content (AvgIpc) is 2.85. The monoisotopic (exact) mass is 299 g/mol. The van der Waals surface area contributed by atoms with Crippen LogP contribution in [0.2, 0.25) is 5.02 Å². The molecule has 0 fully saturated rings. The highest BCUT2D eigenvalue weighted by atomic mass is 35.5. The maximum Gasteiger partial charge on any atom is 0.0828 e. The molecule has 3 rings (SSSR count). The predicted octanol–water partition coefficient (Wildman–Crippen LogP) is 4.56. The van der Waals surface area contributed by atoms with Crippen LogP contribution in [-0.2, 0) is 0 Å². The summed E-state index contributed by atoms with van der Waals surface area (Å²) in [4.78, 5) is 0. The van der Waals surface area contributed by atoms with E-state index in [1.54, 1.807) is 0 Å². The van der Waals surface area contributed by atoms with Crippen LogP contribution in [0.1, 0.15) is 30.5 Å². The van der Waals surface area contributed by atoms with Gasteiger partial charge in [0.25, 0.3) is 0 Å². The Balaban J connectivity index is 1.97. The number of benzene rings is 2. The number of hydrogen-bond donors (Lipinski definition) is 1. The summed E-state index contributed by atoms with van der Waals surface area (Å²) in [6, 6.07) is 14.2. The quantitative estimate of drug-likeness (QED) is 0.826. The molecular weight excluding hydrogens is 282 g/mol. The van der Waals surface area contributed by atoms with E-state index in [0.717, 1.165) is 34.1 Å². The zero-order valence-corrected chi connectivity index (χ0v) is 12.9. The fourth-order valence-electron chi connectivity index (χ4n) is 2.66. The van der Waals surface area contributed by atoms with Crippen molar-refractivity contribution in [2.75, 3.05) is 10.7 Å². The number of rotatable bonds is 2. The van der Waals surface area contributed by atoms with E-state index in [0.29, 0.717) is 0 Å². The Morgan fingerprint density at radius 2 is 1.86 bits per heavy atom. The lowest BCUT2D eigenvalue weighted by Crippen LogP contribution is -2.18. The van der Waals surface area contributed by atoms with Gasteiger partial charge in [-0.1, -0.05) is 23.7 Å². The van der Waals surface area contributed by atoms with Crippen molar-refractivity contribution in [3.63, 3.8) is 0 Å². The summed E-state index contributed by atoms with van der Waals surface area (Å²) in [5, 5.41) is 7.47. The van der Waals surface area contributed by atoms with E-state index in [9.17, 15) is 0 Å². The van der Waals surface area contributed by atoms with Crippen molar-refractivity contribution >= 4 is 28.7 Å². The largest absolute Gasteiger partial charge is 0.399 e. The van der Waals surface area contributed by atoms with Crippen LogP contribution in [0.3, 0.4) is 0 Å². The Bertz CT molecular complexity index is 692. The van der Waals surface area contributed by atoms with Gasteiger partial charge in [0, 0.05) is 22.8 Å². The van der Waals surface area contributed by atoms with E-state index in [1.165, 1.54) is 5.56 Å². The first-order valence-corrected chi connectivity index (χ1v) is 7.37. The van der Waals surface area contributed by atoms with Gasteiger partial charge in [0.15, 0.2) is 0 Å². The summed E-state index contributed by atoms with van der Waals surface area (Å²) in [5.41, 5.74) is 11.3. The number of anilines is 2. The van der Waals surface area contributed by atoms with Crippen LogP contribution >= 0.6 is 11.6 Å². The summed E-state index contributed by atoms with van der Waals surface area (Å²) in [5.74, 6) is 0. The highest BCUT2D eigenvalue weighted by Gasteiger charge is 2.27. The number of nitrogens with zero attached hydrogens (tertiary/aromatic N) is 2. The van der Waals surface area contributed by atoms with Crippen molar-refractivity contribution in [3.05, 3.63) is 58.6 Å². The minimum absolute atomic E-state index is 0.213. The second kappa shape index (κ2) is 5.41. The first kappa shape index (κ1) is 14.0. The number of hydrazone groups is 1. The third kappa shape index (κ3) is 2.74. The fourth-order valence-corrected chi connectivity index (χ4v) is 2.78. The van der Waals surface area contributed by atoms with Gasteiger partial charge in [0.05, 0.1) is 11.7 Å². The molecule has 0 spiro atoms. The molecular formula is C17H18ClN3. The maximum atomic E-state index is 5.97. The molecule has 0 aromatic heterocycles. The summed E-state index contributed by atoms with van der Waals surface area (Å²) in [6.07, 6.45) is 0.923. The Morgan fingerprint density at radius 1 is 1.14 bits per heavy atom. The van der Waals surface area contributed by atoms with Crippen molar-refractivity contribution in [2.24, 2.45) is 5.10 Å². The van der Waals surface area contributed by atoms with Crippen molar-refractivity contribution < 1.29 is 0 Å². The number of nitrogen functional groups attached to an aromatic ring is 1. The minimum atomic E-state index is 0.213. The first-order valence-electron chi connectivity index (χ1n) is 6.99. The summed E-state index contributed by atoms with van der Waals surface area (Å²) < 4.78 is 0. The molecule has 0 saturated heterocycles. The Morgan fingerprint density at radius 3 is 2.52 bits per heavy atom. The number of nitrogens with two attached hydrogens (primary N) is 1. The highest BCUT2D eigenvalue weighted by Crippen LogP contribution is 2.36. The Kier molecular flexibility index (Phi) is 3.60. The van der Waals surface area contributed by atoms with E-state index in [2.05, 4.69) is 29.2 Å². The van der Waals surface area contributed by atoms with Crippen LogP contribution in [0.4, 0.5) is 11.4 Å². The molecule has 1 atom stereocenters. The molecule has 1 unspecified atom stereocenters. The lowest BCUT2D eigenvalue weighted by atomic mass is 9.99. The summed E-state index contributed by atoms with van der Waals surface area (Å²) in [7, 11) is 0. The van der Waals surface area contributed by atoms with Gasteiger partial charge in [-0.3, -0.25) is 5.01 Å². The van der Waals surface area contributed by atoms with Gasteiger partial charge >= 0.3 is 0 Å². The molecule has 108 valence electrons. The van der Waals surface area contributed by atoms with Crippen LogP contribution in [0.25, 0.3) is 0 Å². The van der Waals surface area contributed by atoms with E-state index in [-0.39, 0.29) is 6.04 Å². The smallest absolute Gasteiger partial charge is 0.0828 e. The van der Waals surface area contributed by atoms with Crippen molar-refractivity contribution in [1.29, 1.82) is 0 Å². The van der Waals surface area contributed by atoms with E-state index in [4.69, 9.17) is 17.3 Å². The van der Waals surface area contributed by atoms with Crippen molar-refractivity contribution in [2.45, 2.75) is 26.3 Å². The Hall–Kier alpha value is -2.00. The Labute approximate surface area is 130 Å². The van der Waals surface area contributed by atoms with Crippen LogP contribution < -0.4 is 10.7 Å². The third-order valence-corrected chi connectivity index (χ3v) is 4.08. The zero-order chi connectivity index (χ0) is 15.0. The lowest BCUT2D eigenvalue weighted by molar-refractivity contribution is 0.708. The first-order chi connectivity index (χ1) is 10.0. The van der Waals surface area contributed by atoms with Gasteiger partial charge in [0.1, 0.15) is 0 Å². The van der Waals surface area contributed by atoms with E-state index >= 15 is 0 Å². The van der Waals surface area contributed by atoms with E-state index < -0.39 is 0 Å². The van der Waals surface area contributed by atoms with Gasteiger partial charge in [-0.15, -0.1) is 0 Å². The molecule has 0 saturated carbocycles. The molecule has 1 heterocycles. The molecule has 0 radical (unpaired) electrons. The SMILES string of the molecule is CC1=NN(c2ccc(Cl)cc2)C(c2ccc(N)c(C)c2)C1. The van der Waals surface area contributed by atoms with Gasteiger partial charge in [-0.25, -0.2) is 0 Å². The minimum Gasteiger partial charge on any atom is -0.399 e. The second-order valence-corrected chi connectivity index (χ2v) is 5.93. The molecule has 2 aromatic carbocycles. The fraction of sp³-hybridized carbons (Fsp3) is 0.235. The van der Waals surface area contributed by atoms with E-state index in [1.807, 2.05) is 37.3 Å². The number of hydrogen-bond acceptors (Lipinski definition) is 3. The molecule has 0 bridgehead atoms. The van der Waals surface area contributed by atoms with Crippen LogP contribution in [0.15, 0.2) is 47.6 Å². The molecule has 21 heavy (non-hydrogen) atoms. The van der Waals surface area contributed by atoms with Crippen molar-refractivity contribution in [1.82, 2.24) is 0 Å². The molecule has 2 N–H and O–H groups in total. The summed E-state index contributed by atoms with van der Waals surface area (Å²) in [6.45, 7) is 4.10. The third-order valence-electron chi connectivity index (χ3n) is 3.83. The normalized spacial score (nSPS) is 18.0. The molecule has 1 aliphatic heterocycles. The second-order valence-electron chi connectivity index (χ2n) is 5.49. The molecule has 1 aliphatic rings. The number of aryl methyl sites for hydroxylation is 1. The summed E-state index contributed by atoms with van der Waals surface area (Å²) >= 11 is 5.97. The van der Waals surface area contributed by atoms with Crippen LogP contribution in [0, 0.1) is 6.92 Å². The number of halogens is 1. The van der Waals surface area contributed by atoms with Gasteiger partial charge in [-0.05, 0) is 55.3 Å². The topological polar surface area (TPSA) is 41.6 Å². The van der Waals surface area contributed by atoms with Crippen molar-refractivity contribution in [3.8, 4) is 0 Å². The average molecular weight is 300 g/mol.